The number of anilines is 1. The Morgan fingerprint density at radius 2 is 2.22 bits per heavy atom. The fraction of sp³-hybridized carbons (Fsp3) is 0.250. The maximum Gasteiger partial charge on any atom is 0.258 e. The molecule has 1 aromatic carbocycles. The van der Waals surface area contributed by atoms with Crippen LogP contribution >= 0.6 is 0 Å². The summed E-state index contributed by atoms with van der Waals surface area (Å²) in [5.41, 5.74) is 1.14. The van der Waals surface area contributed by atoms with Gasteiger partial charge in [-0.15, -0.1) is 0 Å². The van der Waals surface area contributed by atoms with Gasteiger partial charge < -0.3 is 14.6 Å². The third kappa shape index (κ3) is 1.76. The van der Waals surface area contributed by atoms with Gasteiger partial charge in [0.1, 0.15) is 6.61 Å². The van der Waals surface area contributed by atoms with E-state index < -0.39 is 0 Å². The van der Waals surface area contributed by atoms with E-state index in [9.17, 15) is 9.59 Å². The molecule has 1 aromatic heterocycles. The molecule has 6 heteroatoms. The third-order valence-electron chi connectivity index (χ3n) is 2.92. The van der Waals surface area contributed by atoms with Crippen molar-refractivity contribution in [3.05, 3.63) is 34.9 Å². The van der Waals surface area contributed by atoms with Crippen LogP contribution in [0.5, 0.6) is 0 Å². The lowest BCUT2D eigenvalue weighted by atomic mass is 10.2. The minimum Gasteiger partial charge on any atom is -0.370 e. The predicted octanol–water partition coefficient (Wildman–Crippen LogP) is 0.286. The van der Waals surface area contributed by atoms with E-state index in [1.165, 1.54) is 6.33 Å². The molecule has 3 rings (SSSR count). The molecule has 0 aliphatic carbocycles. The fourth-order valence-corrected chi connectivity index (χ4v) is 2.02. The largest absolute Gasteiger partial charge is 0.370 e. The molecular formula is C12H11N3O3. The zero-order valence-corrected chi connectivity index (χ0v) is 9.55. The van der Waals surface area contributed by atoms with Gasteiger partial charge in [0.15, 0.2) is 0 Å². The molecule has 1 fully saturated rings. The highest BCUT2D eigenvalue weighted by atomic mass is 16.5. The first-order chi connectivity index (χ1) is 8.75. The Bertz CT molecular complexity index is 665. The van der Waals surface area contributed by atoms with Crippen molar-refractivity contribution in [2.45, 2.75) is 0 Å². The van der Waals surface area contributed by atoms with Gasteiger partial charge >= 0.3 is 0 Å². The summed E-state index contributed by atoms with van der Waals surface area (Å²) in [6, 6.07) is 5.18. The lowest BCUT2D eigenvalue weighted by molar-refractivity contribution is -0.125. The summed E-state index contributed by atoms with van der Waals surface area (Å²) in [7, 11) is 0. The van der Waals surface area contributed by atoms with Crippen molar-refractivity contribution in [2.24, 2.45) is 0 Å². The average molecular weight is 245 g/mol. The Labute approximate surface area is 102 Å². The summed E-state index contributed by atoms with van der Waals surface area (Å²) < 4.78 is 5.08. The van der Waals surface area contributed by atoms with Crippen LogP contribution < -0.4 is 10.5 Å². The number of rotatable bonds is 1. The first-order valence-corrected chi connectivity index (χ1v) is 5.61. The molecule has 92 valence electrons. The highest BCUT2D eigenvalue weighted by Crippen LogP contribution is 2.20. The first kappa shape index (κ1) is 10.9. The Kier molecular flexibility index (Phi) is 2.56. The summed E-state index contributed by atoms with van der Waals surface area (Å²) in [5, 5.41) is 0.516. The quantitative estimate of drug-likeness (QED) is 0.783. The van der Waals surface area contributed by atoms with Gasteiger partial charge in [-0.1, -0.05) is 0 Å². The highest BCUT2D eigenvalue weighted by molar-refractivity contribution is 5.96. The SMILES string of the molecule is O=C1COCCN1c1ccc2c(=O)[nH]cnc2c1. The maximum absolute atomic E-state index is 11.7. The van der Waals surface area contributed by atoms with Crippen molar-refractivity contribution in [1.82, 2.24) is 9.97 Å². The zero-order chi connectivity index (χ0) is 12.5. The second-order valence-corrected chi connectivity index (χ2v) is 4.03. The highest BCUT2D eigenvalue weighted by Gasteiger charge is 2.20. The molecule has 6 nitrogen and oxygen atoms in total. The smallest absolute Gasteiger partial charge is 0.258 e. The Morgan fingerprint density at radius 3 is 3.06 bits per heavy atom. The van der Waals surface area contributed by atoms with Crippen LogP contribution in [0.4, 0.5) is 5.69 Å². The molecule has 0 radical (unpaired) electrons. The van der Waals surface area contributed by atoms with Crippen molar-refractivity contribution < 1.29 is 9.53 Å². The second kappa shape index (κ2) is 4.23. The average Bonchev–Trinajstić information content (AvgIpc) is 2.39. The molecule has 0 bridgehead atoms. The number of aromatic nitrogens is 2. The molecule has 1 aliphatic rings. The molecule has 18 heavy (non-hydrogen) atoms. The van der Waals surface area contributed by atoms with Crippen molar-refractivity contribution in [3.63, 3.8) is 0 Å². The number of ether oxygens (including phenoxy) is 1. The normalized spacial score (nSPS) is 16.2. The van der Waals surface area contributed by atoms with Crippen molar-refractivity contribution in [2.75, 3.05) is 24.7 Å². The van der Waals surface area contributed by atoms with Gasteiger partial charge in [-0.3, -0.25) is 9.59 Å². The number of amides is 1. The van der Waals surface area contributed by atoms with Crippen LogP contribution in [0, 0.1) is 0 Å². The zero-order valence-electron chi connectivity index (χ0n) is 9.55. The Hall–Kier alpha value is -2.21. The van der Waals surface area contributed by atoms with Crippen LogP contribution in [0.25, 0.3) is 10.9 Å². The second-order valence-electron chi connectivity index (χ2n) is 4.03. The Morgan fingerprint density at radius 1 is 1.33 bits per heavy atom. The van der Waals surface area contributed by atoms with E-state index in [-0.39, 0.29) is 18.1 Å². The number of hydrogen-bond donors (Lipinski definition) is 1. The fourth-order valence-electron chi connectivity index (χ4n) is 2.02. The van der Waals surface area contributed by atoms with Crippen LogP contribution in [0.1, 0.15) is 0 Å². The summed E-state index contributed by atoms with van der Waals surface area (Å²) in [5.74, 6) is -0.0783. The van der Waals surface area contributed by atoms with Crippen LogP contribution in [0.3, 0.4) is 0 Å². The minimum atomic E-state index is -0.181. The van der Waals surface area contributed by atoms with E-state index in [0.717, 1.165) is 5.69 Å². The van der Waals surface area contributed by atoms with Gasteiger partial charge in [0, 0.05) is 12.2 Å². The topological polar surface area (TPSA) is 75.3 Å². The minimum absolute atomic E-state index is 0.0783. The molecule has 0 spiro atoms. The lowest BCUT2D eigenvalue weighted by Gasteiger charge is -2.26. The molecule has 0 unspecified atom stereocenters. The van der Waals surface area contributed by atoms with Gasteiger partial charge in [0.2, 0.25) is 0 Å². The molecule has 2 aromatic rings. The van der Waals surface area contributed by atoms with Crippen LogP contribution in [-0.4, -0.2) is 35.6 Å². The van der Waals surface area contributed by atoms with Crippen LogP contribution in [0.15, 0.2) is 29.3 Å². The monoisotopic (exact) mass is 245 g/mol. The first-order valence-electron chi connectivity index (χ1n) is 5.61. The van der Waals surface area contributed by atoms with Gasteiger partial charge in [-0.25, -0.2) is 4.98 Å². The standard InChI is InChI=1S/C12H11N3O3/c16-11-6-18-4-3-15(11)8-1-2-9-10(5-8)13-7-14-12(9)17/h1-2,5,7H,3-4,6H2,(H,13,14,17). The summed E-state index contributed by atoms with van der Waals surface area (Å²) in [6.07, 6.45) is 1.36. The number of carbonyl (C=O) groups excluding carboxylic acids is 1. The van der Waals surface area contributed by atoms with Crippen molar-refractivity contribution >= 4 is 22.5 Å². The van der Waals surface area contributed by atoms with E-state index in [1.807, 2.05) is 0 Å². The summed E-state index contributed by atoms with van der Waals surface area (Å²) >= 11 is 0. The molecule has 1 N–H and O–H groups in total. The van der Waals surface area contributed by atoms with Gasteiger partial charge in [0.05, 0.1) is 23.8 Å². The van der Waals surface area contributed by atoms with E-state index in [1.54, 1.807) is 23.1 Å². The molecule has 2 heterocycles. The van der Waals surface area contributed by atoms with E-state index in [0.29, 0.717) is 24.1 Å². The van der Waals surface area contributed by atoms with Gasteiger partial charge in [0.25, 0.3) is 11.5 Å². The van der Waals surface area contributed by atoms with Crippen molar-refractivity contribution in [1.29, 1.82) is 0 Å². The molecular weight excluding hydrogens is 234 g/mol. The predicted molar refractivity (Wildman–Crippen MR) is 65.5 cm³/mol. The Balaban J connectivity index is 2.08. The number of H-pyrrole nitrogens is 1. The number of nitrogens with one attached hydrogen (secondary N) is 1. The number of hydrogen-bond acceptors (Lipinski definition) is 4. The molecule has 0 saturated carbocycles. The van der Waals surface area contributed by atoms with Crippen LogP contribution in [-0.2, 0) is 9.53 Å². The number of benzene rings is 1. The van der Waals surface area contributed by atoms with Crippen LogP contribution in [0.2, 0.25) is 0 Å². The molecule has 0 atom stereocenters. The number of carbonyl (C=O) groups is 1. The van der Waals surface area contributed by atoms with Crippen molar-refractivity contribution in [3.8, 4) is 0 Å². The molecule has 1 aliphatic heterocycles. The lowest BCUT2D eigenvalue weighted by Crippen LogP contribution is -2.41. The van der Waals surface area contributed by atoms with E-state index in [4.69, 9.17) is 4.74 Å². The number of nitrogens with zero attached hydrogens (tertiary/aromatic N) is 2. The van der Waals surface area contributed by atoms with Gasteiger partial charge in [-0.2, -0.15) is 0 Å². The number of aromatic amines is 1. The summed E-state index contributed by atoms with van der Waals surface area (Å²) in [4.78, 5) is 31.5. The van der Waals surface area contributed by atoms with E-state index in [2.05, 4.69) is 9.97 Å². The number of morpholine rings is 1. The molecule has 1 amide bonds. The maximum atomic E-state index is 11.7. The van der Waals surface area contributed by atoms with Gasteiger partial charge in [-0.05, 0) is 18.2 Å². The summed E-state index contributed by atoms with van der Waals surface area (Å²) in [6.45, 7) is 1.14. The third-order valence-corrected chi connectivity index (χ3v) is 2.92. The number of fused-ring (bicyclic) bond motifs is 1. The van der Waals surface area contributed by atoms with E-state index >= 15 is 0 Å². The molecule has 1 saturated heterocycles.